The van der Waals surface area contributed by atoms with Crippen molar-refractivity contribution in [3.8, 4) is 0 Å². The Balaban J connectivity index is 2.87. The molecule has 18 heavy (non-hydrogen) atoms. The number of hydrogen-bond donors (Lipinski definition) is 1. The second-order valence-corrected chi connectivity index (χ2v) is 3.40. The number of ether oxygens (including phenoxy) is 2. The predicted octanol–water partition coefficient (Wildman–Crippen LogP) is 1.59. The third kappa shape index (κ3) is 3.81. The van der Waals surface area contributed by atoms with Crippen molar-refractivity contribution in [1.82, 2.24) is 0 Å². The van der Waals surface area contributed by atoms with Gasteiger partial charge >= 0.3 is 5.97 Å². The fourth-order valence-corrected chi connectivity index (χ4v) is 1.28. The summed E-state index contributed by atoms with van der Waals surface area (Å²) in [4.78, 5) is 22.7. The molecule has 0 unspecified atom stereocenters. The lowest BCUT2D eigenvalue weighted by molar-refractivity contribution is -0.119. The first-order valence-electron chi connectivity index (χ1n) is 5.34. The zero-order valence-electron chi connectivity index (χ0n) is 10.2. The fraction of sp³-hybridized carbons (Fsp3) is 0.333. The molecule has 0 aliphatic rings. The van der Waals surface area contributed by atoms with Crippen LogP contribution in [0.2, 0.25) is 0 Å². The Kier molecular flexibility index (Phi) is 5.26. The Labute approximate surface area is 104 Å². The molecule has 0 radical (unpaired) electrons. The first kappa shape index (κ1) is 14.1. The van der Waals surface area contributed by atoms with E-state index in [4.69, 9.17) is 4.74 Å². The number of esters is 1. The van der Waals surface area contributed by atoms with Crippen molar-refractivity contribution < 1.29 is 23.5 Å². The third-order valence-corrected chi connectivity index (χ3v) is 2.03. The molecule has 0 aliphatic carbocycles. The Morgan fingerprint density at radius 2 is 2.11 bits per heavy atom. The monoisotopic (exact) mass is 255 g/mol. The quantitative estimate of drug-likeness (QED) is 0.811. The minimum Gasteiger partial charge on any atom is -0.462 e. The number of carbonyl (C=O) groups is 2. The third-order valence-electron chi connectivity index (χ3n) is 2.03. The van der Waals surface area contributed by atoms with Crippen LogP contribution in [0.15, 0.2) is 18.2 Å². The highest BCUT2D eigenvalue weighted by molar-refractivity contribution is 5.95. The van der Waals surface area contributed by atoms with E-state index in [-0.39, 0.29) is 24.5 Å². The lowest BCUT2D eigenvalue weighted by atomic mass is 10.2. The predicted molar refractivity (Wildman–Crippen MR) is 62.9 cm³/mol. The zero-order chi connectivity index (χ0) is 13.5. The van der Waals surface area contributed by atoms with Gasteiger partial charge in [-0.3, -0.25) is 4.79 Å². The Morgan fingerprint density at radius 3 is 2.72 bits per heavy atom. The number of nitrogens with one attached hydrogen (secondary N) is 1. The number of rotatable bonds is 5. The van der Waals surface area contributed by atoms with Gasteiger partial charge in [0.25, 0.3) is 0 Å². The van der Waals surface area contributed by atoms with Gasteiger partial charge in [-0.15, -0.1) is 0 Å². The summed E-state index contributed by atoms with van der Waals surface area (Å²) in [6.45, 7) is 1.70. The van der Waals surface area contributed by atoms with Gasteiger partial charge in [-0.25, -0.2) is 9.18 Å². The van der Waals surface area contributed by atoms with Gasteiger partial charge in [0.15, 0.2) is 0 Å². The van der Waals surface area contributed by atoms with Crippen molar-refractivity contribution in [2.45, 2.75) is 6.92 Å². The van der Waals surface area contributed by atoms with E-state index in [0.717, 1.165) is 6.07 Å². The average Bonchev–Trinajstić information content (AvgIpc) is 2.32. The van der Waals surface area contributed by atoms with Crippen molar-refractivity contribution in [2.75, 3.05) is 25.6 Å². The molecule has 0 atom stereocenters. The standard InChI is InChI=1S/C12H14FNO4/c1-3-18-12(16)8-4-5-9(13)10(6-8)14-11(15)7-17-2/h4-6H,3,7H2,1-2H3,(H,14,15). The van der Waals surface area contributed by atoms with Crippen molar-refractivity contribution in [2.24, 2.45) is 0 Å². The summed E-state index contributed by atoms with van der Waals surface area (Å²) in [6, 6.07) is 3.61. The van der Waals surface area contributed by atoms with E-state index in [2.05, 4.69) is 10.1 Å². The first-order valence-corrected chi connectivity index (χ1v) is 5.34. The maximum Gasteiger partial charge on any atom is 0.338 e. The van der Waals surface area contributed by atoms with Crippen LogP contribution in [0.3, 0.4) is 0 Å². The van der Waals surface area contributed by atoms with Crippen LogP contribution in [-0.2, 0) is 14.3 Å². The molecule has 0 saturated heterocycles. The molecule has 0 heterocycles. The smallest absolute Gasteiger partial charge is 0.338 e. The van der Waals surface area contributed by atoms with Gasteiger partial charge < -0.3 is 14.8 Å². The van der Waals surface area contributed by atoms with Gasteiger partial charge in [-0.2, -0.15) is 0 Å². The van der Waals surface area contributed by atoms with Gasteiger partial charge in [-0.1, -0.05) is 0 Å². The highest BCUT2D eigenvalue weighted by Gasteiger charge is 2.12. The molecule has 0 saturated carbocycles. The molecule has 0 bridgehead atoms. The van der Waals surface area contributed by atoms with Crippen molar-refractivity contribution >= 4 is 17.6 Å². The van der Waals surface area contributed by atoms with Gasteiger partial charge in [0.2, 0.25) is 5.91 Å². The molecule has 0 aliphatic heterocycles. The number of carbonyl (C=O) groups excluding carboxylic acids is 2. The Hall–Kier alpha value is -1.95. The van der Waals surface area contributed by atoms with Crippen molar-refractivity contribution in [1.29, 1.82) is 0 Å². The summed E-state index contributed by atoms with van der Waals surface area (Å²) in [6.07, 6.45) is 0. The van der Waals surface area contributed by atoms with Crippen LogP contribution in [0, 0.1) is 5.82 Å². The zero-order valence-corrected chi connectivity index (χ0v) is 10.2. The van der Waals surface area contributed by atoms with Crippen molar-refractivity contribution in [3.63, 3.8) is 0 Å². The van der Waals surface area contributed by atoms with Gasteiger partial charge in [0.1, 0.15) is 12.4 Å². The molecule has 0 aromatic heterocycles. The number of benzene rings is 1. The van der Waals surface area contributed by atoms with E-state index in [1.165, 1.54) is 19.2 Å². The highest BCUT2D eigenvalue weighted by Crippen LogP contribution is 2.16. The number of halogens is 1. The van der Waals surface area contributed by atoms with E-state index in [9.17, 15) is 14.0 Å². The maximum absolute atomic E-state index is 13.4. The molecule has 1 aromatic carbocycles. The number of amides is 1. The summed E-state index contributed by atoms with van der Waals surface area (Å²) < 4.78 is 22.8. The summed E-state index contributed by atoms with van der Waals surface area (Å²) in [7, 11) is 1.35. The SMILES string of the molecule is CCOC(=O)c1ccc(F)c(NC(=O)COC)c1. The topological polar surface area (TPSA) is 64.6 Å². The van der Waals surface area contributed by atoms with Crippen LogP contribution in [0.1, 0.15) is 17.3 Å². The van der Waals surface area contributed by atoms with Crippen molar-refractivity contribution in [3.05, 3.63) is 29.6 Å². The minimum atomic E-state index is -0.632. The summed E-state index contributed by atoms with van der Waals surface area (Å²) in [5.41, 5.74) is 0.0913. The molecular formula is C12H14FNO4. The molecule has 1 aromatic rings. The molecular weight excluding hydrogens is 241 g/mol. The van der Waals surface area contributed by atoms with Gasteiger partial charge in [-0.05, 0) is 25.1 Å². The minimum absolute atomic E-state index is 0.0809. The lowest BCUT2D eigenvalue weighted by Crippen LogP contribution is -2.18. The van der Waals surface area contributed by atoms with E-state index < -0.39 is 17.7 Å². The first-order chi connectivity index (χ1) is 8.58. The van der Waals surface area contributed by atoms with Crippen LogP contribution >= 0.6 is 0 Å². The molecule has 1 amide bonds. The summed E-state index contributed by atoms with van der Waals surface area (Å²) in [5.74, 6) is -1.70. The van der Waals surface area contributed by atoms with Crippen LogP contribution in [0.25, 0.3) is 0 Å². The maximum atomic E-state index is 13.4. The normalized spacial score (nSPS) is 9.94. The number of anilines is 1. The summed E-state index contributed by atoms with van der Waals surface area (Å²) >= 11 is 0. The second-order valence-electron chi connectivity index (χ2n) is 3.40. The number of methoxy groups -OCH3 is 1. The molecule has 98 valence electrons. The molecule has 6 heteroatoms. The van der Waals surface area contributed by atoms with E-state index in [0.29, 0.717) is 0 Å². The van der Waals surface area contributed by atoms with E-state index >= 15 is 0 Å². The second kappa shape index (κ2) is 6.70. The Bertz CT molecular complexity index is 448. The Morgan fingerprint density at radius 1 is 1.39 bits per heavy atom. The van der Waals surface area contributed by atoms with Crippen LogP contribution < -0.4 is 5.32 Å². The van der Waals surface area contributed by atoms with Gasteiger partial charge in [0.05, 0.1) is 17.9 Å². The fourth-order valence-electron chi connectivity index (χ4n) is 1.28. The highest BCUT2D eigenvalue weighted by atomic mass is 19.1. The largest absolute Gasteiger partial charge is 0.462 e. The molecule has 0 spiro atoms. The molecule has 1 N–H and O–H groups in total. The van der Waals surface area contributed by atoms with Crippen LogP contribution in [0.4, 0.5) is 10.1 Å². The average molecular weight is 255 g/mol. The van der Waals surface area contributed by atoms with Crippen LogP contribution in [0.5, 0.6) is 0 Å². The van der Waals surface area contributed by atoms with E-state index in [1.54, 1.807) is 6.92 Å². The van der Waals surface area contributed by atoms with Gasteiger partial charge in [0, 0.05) is 7.11 Å². The molecule has 5 nitrogen and oxygen atoms in total. The molecule has 0 fully saturated rings. The van der Waals surface area contributed by atoms with E-state index in [1.807, 2.05) is 0 Å². The van der Waals surface area contributed by atoms with Crippen LogP contribution in [-0.4, -0.2) is 32.2 Å². The lowest BCUT2D eigenvalue weighted by Gasteiger charge is -2.08. The summed E-state index contributed by atoms with van der Waals surface area (Å²) in [5, 5.41) is 2.30. The number of hydrogen-bond acceptors (Lipinski definition) is 4. The molecule has 1 rings (SSSR count).